The molecule has 7 heteroatoms. The number of carbonyl (C=O) groups excluding carboxylic acids is 2. The average molecular weight is 406 g/mol. The predicted molar refractivity (Wildman–Crippen MR) is 116 cm³/mol. The molecule has 0 aliphatic heterocycles. The second-order valence-corrected chi connectivity index (χ2v) is 7.98. The number of carbonyl (C=O) groups is 2. The first-order chi connectivity index (χ1) is 14.5. The number of amides is 2. The van der Waals surface area contributed by atoms with Crippen LogP contribution >= 0.6 is 0 Å². The topological polar surface area (TPSA) is 91.0 Å². The number of aromatic amines is 1. The summed E-state index contributed by atoms with van der Waals surface area (Å²) in [5.74, 6) is -0.0801. The van der Waals surface area contributed by atoms with Crippen LogP contribution in [0.4, 0.5) is 0 Å². The lowest BCUT2D eigenvalue weighted by molar-refractivity contribution is -0.121. The van der Waals surface area contributed by atoms with Gasteiger partial charge in [-0.1, -0.05) is 13.0 Å². The van der Waals surface area contributed by atoms with Crippen LogP contribution in [0.3, 0.4) is 0 Å². The molecule has 2 heterocycles. The lowest BCUT2D eigenvalue weighted by Gasteiger charge is -2.24. The monoisotopic (exact) mass is 405 g/mol. The first kappa shape index (κ1) is 20.1. The van der Waals surface area contributed by atoms with Gasteiger partial charge in [0.15, 0.2) is 5.69 Å². The number of benzene rings is 1. The Kier molecular flexibility index (Phi) is 5.53. The molecule has 1 aromatic carbocycles. The zero-order chi connectivity index (χ0) is 21.3. The van der Waals surface area contributed by atoms with Crippen molar-refractivity contribution in [3.05, 3.63) is 47.8 Å². The molecule has 2 aromatic heterocycles. The van der Waals surface area contributed by atoms with Gasteiger partial charge in [0.25, 0.3) is 5.91 Å². The van der Waals surface area contributed by atoms with E-state index in [0.717, 1.165) is 47.0 Å². The Morgan fingerprint density at radius 3 is 2.73 bits per heavy atom. The Hall–Kier alpha value is -3.22. The smallest absolute Gasteiger partial charge is 0.274 e. The Bertz CT molecular complexity index is 1070. The van der Waals surface area contributed by atoms with E-state index in [1.807, 2.05) is 37.4 Å². The van der Waals surface area contributed by atoms with Gasteiger partial charge in [-0.25, -0.2) is 0 Å². The molecule has 1 aliphatic rings. The van der Waals surface area contributed by atoms with Crippen LogP contribution in [0.5, 0.6) is 0 Å². The van der Waals surface area contributed by atoms with Gasteiger partial charge in [-0.15, -0.1) is 10.2 Å². The van der Waals surface area contributed by atoms with Crippen molar-refractivity contribution in [2.45, 2.75) is 51.6 Å². The van der Waals surface area contributed by atoms with Crippen molar-refractivity contribution in [3.8, 4) is 11.3 Å². The van der Waals surface area contributed by atoms with E-state index in [4.69, 9.17) is 0 Å². The highest BCUT2D eigenvalue weighted by Gasteiger charge is 2.31. The van der Waals surface area contributed by atoms with E-state index in [-0.39, 0.29) is 23.9 Å². The number of hydrogen-bond acceptors (Lipinski definition) is 4. The summed E-state index contributed by atoms with van der Waals surface area (Å²) in [6.07, 6.45) is 4.94. The summed E-state index contributed by atoms with van der Waals surface area (Å²) in [4.78, 5) is 29.5. The van der Waals surface area contributed by atoms with Crippen molar-refractivity contribution in [3.63, 3.8) is 0 Å². The highest BCUT2D eigenvalue weighted by atomic mass is 16.2. The Morgan fingerprint density at radius 2 is 2.00 bits per heavy atom. The minimum absolute atomic E-state index is 0.0594. The van der Waals surface area contributed by atoms with Crippen LogP contribution in [0.15, 0.2) is 36.5 Å². The van der Waals surface area contributed by atoms with Crippen LogP contribution in [0.1, 0.15) is 48.7 Å². The summed E-state index contributed by atoms with van der Waals surface area (Å²) in [7, 11) is 1.80. The summed E-state index contributed by atoms with van der Waals surface area (Å²) in [5.41, 5.74) is 4.31. The van der Waals surface area contributed by atoms with Gasteiger partial charge in [0.05, 0.1) is 5.69 Å². The van der Waals surface area contributed by atoms with Crippen molar-refractivity contribution >= 4 is 22.7 Å². The first-order valence-corrected chi connectivity index (χ1v) is 10.4. The molecule has 4 rings (SSSR count). The molecule has 1 fully saturated rings. The molecule has 7 nitrogen and oxygen atoms in total. The molecule has 3 aromatic rings. The number of nitrogens with one attached hydrogen (secondary N) is 2. The third-order valence-electron chi connectivity index (χ3n) is 6.12. The molecule has 30 heavy (non-hydrogen) atoms. The zero-order valence-corrected chi connectivity index (χ0v) is 17.6. The summed E-state index contributed by atoms with van der Waals surface area (Å²) in [5, 5.41) is 12.7. The molecule has 1 aliphatic carbocycles. The normalized spacial score (nSPS) is 18.5. The fourth-order valence-electron chi connectivity index (χ4n) is 4.27. The number of aromatic nitrogens is 3. The van der Waals surface area contributed by atoms with E-state index in [0.29, 0.717) is 12.1 Å². The number of rotatable bonds is 5. The highest BCUT2D eigenvalue weighted by molar-refractivity contribution is 5.93. The van der Waals surface area contributed by atoms with Crippen molar-refractivity contribution in [2.75, 3.05) is 7.05 Å². The molecule has 0 saturated heterocycles. The number of H-pyrrole nitrogens is 1. The fraction of sp³-hybridized carbons (Fsp3) is 0.391. The molecule has 2 N–H and O–H groups in total. The number of nitrogens with zero attached hydrogens (tertiary/aromatic N) is 3. The highest BCUT2D eigenvalue weighted by Crippen LogP contribution is 2.28. The van der Waals surface area contributed by atoms with Gasteiger partial charge in [-0.05, 0) is 56.0 Å². The van der Waals surface area contributed by atoms with Gasteiger partial charge in [0, 0.05) is 48.2 Å². The van der Waals surface area contributed by atoms with Crippen LogP contribution in [0, 0.1) is 6.92 Å². The molecular formula is C23H27N5O2. The van der Waals surface area contributed by atoms with Crippen molar-refractivity contribution in [2.24, 2.45) is 0 Å². The van der Waals surface area contributed by atoms with Gasteiger partial charge in [-0.2, -0.15) is 0 Å². The maximum absolute atomic E-state index is 12.9. The van der Waals surface area contributed by atoms with Crippen LogP contribution in [-0.2, 0) is 4.79 Å². The fourth-order valence-corrected chi connectivity index (χ4v) is 4.27. The largest absolute Gasteiger partial charge is 0.361 e. The maximum atomic E-state index is 12.9. The minimum atomic E-state index is -0.140. The molecule has 0 spiro atoms. The van der Waals surface area contributed by atoms with Crippen LogP contribution in [-0.4, -0.2) is 51.0 Å². The standard InChI is InChI=1S/C23H27N5O2/c1-4-22(29)25-15-5-6-16(13-15)28(3)23(30)21-10-9-20(26-27-21)17-7-8-19-18(14(17)2)11-12-24-19/h7-12,15-16,24H,4-6,13H2,1-3H3,(H,25,29). The van der Waals surface area contributed by atoms with Crippen LogP contribution in [0.2, 0.25) is 0 Å². The molecule has 0 radical (unpaired) electrons. The summed E-state index contributed by atoms with van der Waals surface area (Å²) in [6.45, 7) is 3.91. The summed E-state index contributed by atoms with van der Waals surface area (Å²) < 4.78 is 0. The maximum Gasteiger partial charge on any atom is 0.274 e. The molecule has 2 unspecified atom stereocenters. The van der Waals surface area contributed by atoms with Crippen molar-refractivity contribution in [1.82, 2.24) is 25.4 Å². The van der Waals surface area contributed by atoms with Crippen LogP contribution in [0.25, 0.3) is 22.2 Å². The zero-order valence-electron chi connectivity index (χ0n) is 17.6. The molecule has 0 bridgehead atoms. The minimum Gasteiger partial charge on any atom is -0.361 e. The second kappa shape index (κ2) is 8.26. The van der Waals surface area contributed by atoms with E-state index in [1.165, 1.54) is 0 Å². The van der Waals surface area contributed by atoms with E-state index in [1.54, 1.807) is 18.0 Å². The lowest BCUT2D eigenvalue weighted by Crippen LogP contribution is -2.38. The lowest BCUT2D eigenvalue weighted by atomic mass is 10.0. The van der Waals surface area contributed by atoms with E-state index >= 15 is 0 Å². The Morgan fingerprint density at radius 1 is 1.17 bits per heavy atom. The predicted octanol–water partition coefficient (Wildman–Crippen LogP) is 3.45. The van der Waals surface area contributed by atoms with Gasteiger partial charge in [0.2, 0.25) is 5.91 Å². The molecule has 156 valence electrons. The van der Waals surface area contributed by atoms with E-state index in [9.17, 15) is 9.59 Å². The SMILES string of the molecule is CCC(=O)NC1CCC(N(C)C(=O)c2ccc(-c3ccc4[nH]ccc4c3C)nn2)C1. The number of hydrogen-bond donors (Lipinski definition) is 2. The Balaban J connectivity index is 1.46. The van der Waals surface area contributed by atoms with Crippen molar-refractivity contribution in [1.29, 1.82) is 0 Å². The quantitative estimate of drug-likeness (QED) is 0.680. The summed E-state index contributed by atoms with van der Waals surface area (Å²) >= 11 is 0. The van der Waals surface area contributed by atoms with Gasteiger partial charge >= 0.3 is 0 Å². The average Bonchev–Trinajstić information content (AvgIpc) is 3.43. The van der Waals surface area contributed by atoms with Gasteiger partial charge in [0.1, 0.15) is 0 Å². The second-order valence-electron chi connectivity index (χ2n) is 7.98. The van der Waals surface area contributed by atoms with Gasteiger partial charge in [-0.3, -0.25) is 9.59 Å². The third-order valence-corrected chi connectivity index (χ3v) is 6.12. The van der Waals surface area contributed by atoms with Crippen LogP contribution < -0.4 is 5.32 Å². The molecule has 1 saturated carbocycles. The van der Waals surface area contributed by atoms with Crippen molar-refractivity contribution < 1.29 is 9.59 Å². The first-order valence-electron chi connectivity index (χ1n) is 10.4. The number of fused-ring (bicyclic) bond motifs is 1. The number of aryl methyl sites for hydroxylation is 1. The summed E-state index contributed by atoms with van der Waals surface area (Å²) in [6, 6.07) is 9.93. The molecular weight excluding hydrogens is 378 g/mol. The molecule has 2 atom stereocenters. The van der Waals surface area contributed by atoms with E-state index < -0.39 is 0 Å². The van der Waals surface area contributed by atoms with E-state index in [2.05, 4.69) is 27.4 Å². The molecule has 2 amide bonds. The Labute approximate surface area is 175 Å². The van der Waals surface area contributed by atoms with Gasteiger partial charge < -0.3 is 15.2 Å². The third kappa shape index (κ3) is 3.79.